The lowest BCUT2D eigenvalue weighted by molar-refractivity contribution is 0.477. The molecule has 0 aliphatic carbocycles. The number of pyridine rings is 1. The molecule has 1 aromatic carbocycles. The summed E-state index contributed by atoms with van der Waals surface area (Å²) in [6.45, 7) is 6.36. The second-order valence-electron chi connectivity index (χ2n) is 4.70. The van der Waals surface area contributed by atoms with Crippen LogP contribution in [-0.4, -0.2) is 4.98 Å². The number of nitrogens with zero attached hydrogens (tertiary/aromatic N) is 1. The summed E-state index contributed by atoms with van der Waals surface area (Å²) in [7, 11) is 0. The van der Waals surface area contributed by atoms with Gasteiger partial charge in [0.15, 0.2) is 0 Å². The predicted octanol–water partition coefficient (Wildman–Crippen LogP) is 3.89. The molecule has 0 spiro atoms. The molecule has 94 valence electrons. The zero-order valence-corrected chi connectivity index (χ0v) is 11.0. The van der Waals surface area contributed by atoms with Crippen molar-refractivity contribution < 1.29 is 4.74 Å². The molecule has 0 aliphatic heterocycles. The van der Waals surface area contributed by atoms with Crippen molar-refractivity contribution in [2.24, 2.45) is 0 Å². The highest BCUT2D eigenvalue weighted by atomic mass is 16.5. The zero-order chi connectivity index (χ0) is 13.1. The minimum absolute atomic E-state index is 0.463. The molecular formula is C15H18N2O. The Labute approximate surface area is 108 Å². The Hall–Kier alpha value is -2.03. The average molecular weight is 242 g/mol. The van der Waals surface area contributed by atoms with Crippen LogP contribution in [0.5, 0.6) is 11.5 Å². The normalized spacial score (nSPS) is 10.7. The van der Waals surface area contributed by atoms with E-state index in [0.717, 1.165) is 11.3 Å². The number of benzene rings is 1. The molecule has 3 heteroatoms. The summed E-state index contributed by atoms with van der Waals surface area (Å²) in [6, 6.07) is 9.82. The Kier molecular flexibility index (Phi) is 3.51. The van der Waals surface area contributed by atoms with E-state index in [1.54, 1.807) is 18.3 Å². The summed E-state index contributed by atoms with van der Waals surface area (Å²) in [5.41, 5.74) is 8.01. The van der Waals surface area contributed by atoms with Crippen LogP contribution in [0.15, 0.2) is 36.5 Å². The van der Waals surface area contributed by atoms with Crippen LogP contribution in [0.2, 0.25) is 0 Å². The SMILES string of the molecule is Cc1ccc(C(C)C)cc1Oc1ccnc(N)c1. The number of anilines is 1. The van der Waals surface area contributed by atoms with E-state index in [9.17, 15) is 0 Å². The van der Waals surface area contributed by atoms with Crippen LogP contribution >= 0.6 is 0 Å². The molecule has 0 atom stereocenters. The highest BCUT2D eigenvalue weighted by molar-refractivity contribution is 5.43. The largest absolute Gasteiger partial charge is 0.457 e. The minimum Gasteiger partial charge on any atom is -0.457 e. The van der Waals surface area contributed by atoms with Crippen LogP contribution in [-0.2, 0) is 0 Å². The third-order valence-electron chi connectivity index (χ3n) is 2.86. The highest BCUT2D eigenvalue weighted by Crippen LogP contribution is 2.28. The van der Waals surface area contributed by atoms with Gasteiger partial charge in [0, 0.05) is 12.3 Å². The molecule has 0 fully saturated rings. The van der Waals surface area contributed by atoms with Gasteiger partial charge in [0.05, 0.1) is 0 Å². The monoisotopic (exact) mass is 242 g/mol. The van der Waals surface area contributed by atoms with Crippen LogP contribution in [0, 0.1) is 6.92 Å². The third-order valence-corrected chi connectivity index (χ3v) is 2.86. The van der Waals surface area contributed by atoms with Gasteiger partial charge >= 0.3 is 0 Å². The molecule has 0 radical (unpaired) electrons. The maximum Gasteiger partial charge on any atom is 0.132 e. The molecule has 0 aliphatic rings. The molecule has 2 N–H and O–H groups in total. The van der Waals surface area contributed by atoms with Crippen molar-refractivity contribution in [1.29, 1.82) is 0 Å². The van der Waals surface area contributed by atoms with Crippen molar-refractivity contribution in [3.05, 3.63) is 47.7 Å². The Morgan fingerprint density at radius 1 is 1.17 bits per heavy atom. The number of nitrogen functional groups attached to an aromatic ring is 1. The van der Waals surface area contributed by atoms with Gasteiger partial charge in [-0.05, 0) is 36.1 Å². The molecular weight excluding hydrogens is 224 g/mol. The average Bonchev–Trinajstić information content (AvgIpc) is 2.31. The summed E-state index contributed by atoms with van der Waals surface area (Å²) >= 11 is 0. The molecule has 2 aromatic rings. The van der Waals surface area contributed by atoms with Crippen LogP contribution in [0.25, 0.3) is 0 Å². The molecule has 3 nitrogen and oxygen atoms in total. The lowest BCUT2D eigenvalue weighted by Gasteiger charge is -2.12. The maximum atomic E-state index is 5.86. The Balaban J connectivity index is 2.30. The van der Waals surface area contributed by atoms with Gasteiger partial charge in [0.1, 0.15) is 17.3 Å². The maximum absolute atomic E-state index is 5.86. The standard InChI is InChI=1S/C15H18N2O/c1-10(2)12-5-4-11(3)14(8-12)18-13-6-7-17-15(16)9-13/h4-10H,1-3H3,(H2,16,17). The Morgan fingerprint density at radius 2 is 1.94 bits per heavy atom. The smallest absolute Gasteiger partial charge is 0.132 e. The first-order chi connectivity index (χ1) is 8.56. The first kappa shape index (κ1) is 12.4. The second kappa shape index (κ2) is 5.08. The quantitative estimate of drug-likeness (QED) is 0.888. The summed E-state index contributed by atoms with van der Waals surface area (Å²) in [4.78, 5) is 3.95. The van der Waals surface area contributed by atoms with E-state index < -0.39 is 0 Å². The van der Waals surface area contributed by atoms with Gasteiger partial charge in [-0.1, -0.05) is 26.0 Å². The van der Waals surface area contributed by atoms with Crippen molar-refractivity contribution in [3.63, 3.8) is 0 Å². The number of ether oxygens (including phenoxy) is 1. The highest BCUT2D eigenvalue weighted by Gasteiger charge is 2.06. The van der Waals surface area contributed by atoms with E-state index in [2.05, 4.69) is 37.0 Å². The number of aromatic nitrogens is 1. The van der Waals surface area contributed by atoms with Gasteiger partial charge in [0.25, 0.3) is 0 Å². The van der Waals surface area contributed by atoms with Crippen molar-refractivity contribution in [1.82, 2.24) is 4.98 Å². The first-order valence-electron chi connectivity index (χ1n) is 6.06. The van der Waals surface area contributed by atoms with E-state index in [-0.39, 0.29) is 0 Å². The topological polar surface area (TPSA) is 48.1 Å². The van der Waals surface area contributed by atoms with E-state index in [0.29, 0.717) is 17.5 Å². The van der Waals surface area contributed by atoms with Gasteiger partial charge < -0.3 is 10.5 Å². The second-order valence-corrected chi connectivity index (χ2v) is 4.70. The number of aryl methyl sites for hydroxylation is 1. The fraction of sp³-hybridized carbons (Fsp3) is 0.267. The van der Waals surface area contributed by atoms with Crippen LogP contribution in [0.3, 0.4) is 0 Å². The van der Waals surface area contributed by atoms with Gasteiger partial charge in [-0.15, -0.1) is 0 Å². The summed E-state index contributed by atoms with van der Waals surface area (Å²) in [5, 5.41) is 0. The molecule has 2 rings (SSSR count). The molecule has 0 saturated carbocycles. The van der Waals surface area contributed by atoms with Crippen molar-refractivity contribution in [2.45, 2.75) is 26.7 Å². The molecule has 1 aromatic heterocycles. The van der Waals surface area contributed by atoms with Crippen LogP contribution in [0.1, 0.15) is 30.9 Å². The Morgan fingerprint density at radius 3 is 2.61 bits per heavy atom. The lowest BCUT2D eigenvalue weighted by Crippen LogP contribution is -1.94. The van der Waals surface area contributed by atoms with Gasteiger partial charge in [-0.3, -0.25) is 0 Å². The van der Waals surface area contributed by atoms with E-state index in [1.165, 1.54) is 5.56 Å². The van der Waals surface area contributed by atoms with Gasteiger partial charge in [0.2, 0.25) is 0 Å². The molecule has 0 bridgehead atoms. The number of nitrogens with two attached hydrogens (primary N) is 1. The minimum atomic E-state index is 0.463. The number of hydrogen-bond donors (Lipinski definition) is 1. The number of rotatable bonds is 3. The fourth-order valence-corrected chi connectivity index (χ4v) is 1.70. The molecule has 18 heavy (non-hydrogen) atoms. The molecule has 0 amide bonds. The molecule has 0 saturated heterocycles. The molecule has 0 unspecified atom stereocenters. The van der Waals surface area contributed by atoms with Crippen LogP contribution in [0.4, 0.5) is 5.82 Å². The van der Waals surface area contributed by atoms with Gasteiger partial charge in [-0.25, -0.2) is 4.98 Å². The first-order valence-corrected chi connectivity index (χ1v) is 6.06. The van der Waals surface area contributed by atoms with Crippen molar-refractivity contribution in [2.75, 3.05) is 5.73 Å². The Bertz CT molecular complexity index is 550. The van der Waals surface area contributed by atoms with Crippen molar-refractivity contribution >= 4 is 5.82 Å². The number of hydrogen-bond acceptors (Lipinski definition) is 3. The van der Waals surface area contributed by atoms with E-state index in [1.807, 2.05) is 6.92 Å². The zero-order valence-electron chi connectivity index (χ0n) is 11.0. The van der Waals surface area contributed by atoms with Crippen LogP contribution < -0.4 is 10.5 Å². The summed E-state index contributed by atoms with van der Waals surface area (Å²) in [5.74, 6) is 2.53. The fourth-order valence-electron chi connectivity index (χ4n) is 1.70. The third kappa shape index (κ3) is 2.80. The summed E-state index contributed by atoms with van der Waals surface area (Å²) in [6.07, 6.45) is 1.65. The van der Waals surface area contributed by atoms with E-state index >= 15 is 0 Å². The summed E-state index contributed by atoms with van der Waals surface area (Å²) < 4.78 is 5.86. The lowest BCUT2D eigenvalue weighted by atomic mass is 10.0. The van der Waals surface area contributed by atoms with E-state index in [4.69, 9.17) is 10.5 Å². The predicted molar refractivity (Wildman–Crippen MR) is 74.0 cm³/mol. The molecule has 1 heterocycles. The van der Waals surface area contributed by atoms with Gasteiger partial charge in [-0.2, -0.15) is 0 Å². The van der Waals surface area contributed by atoms with Crippen molar-refractivity contribution in [3.8, 4) is 11.5 Å².